The van der Waals surface area contributed by atoms with Crippen LogP contribution in [-0.4, -0.2) is 106 Å². The predicted molar refractivity (Wildman–Crippen MR) is 140 cm³/mol. The van der Waals surface area contributed by atoms with Gasteiger partial charge in [-0.3, -0.25) is 14.5 Å². The number of benzene rings is 1. The molecule has 0 spiro atoms. The first kappa shape index (κ1) is 27.3. The molecule has 0 aromatic heterocycles. The highest BCUT2D eigenvalue weighted by atomic mass is 127. The lowest BCUT2D eigenvalue weighted by molar-refractivity contribution is -0.128. The lowest BCUT2D eigenvalue weighted by atomic mass is 9.94. The molecule has 0 aliphatic carbocycles. The van der Waals surface area contributed by atoms with Gasteiger partial charge in [-0.15, -0.1) is 24.0 Å². The summed E-state index contributed by atoms with van der Waals surface area (Å²) in [5.74, 6) is 0.803. The highest BCUT2D eigenvalue weighted by molar-refractivity contribution is 14.0. The lowest BCUT2D eigenvalue weighted by Gasteiger charge is -2.27. The molecule has 2 aliphatic rings. The predicted octanol–water partition coefficient (Wildman–Crippen LogP) is 0.780. The van der Waals surface area contributed by atoms with E-state index < -0.39 is 0 Å². The fraction of sp³-hybridized carbons (Fsp3) is 0.609. The standard InChI is InChI=1S/C23H36N6O3.HI/c1-27(2)21(31)17-26-23(24-9-10-29-11-13-32-14-12-29)25-16-19-15-20(30)28(3)22(19)18-7-5-4-6-8-18;/h4-8,19,22H,9-17H2,1-3H3,(H2,24,25,26);1H. The zero-order valence-electron chi connectivity index (χ0n) is 19.8. The largest absolute Gasteiger partial charge is 0.379 e. The normalized spacial score (nSPS) is 21.5. The summed E-state index contributed by atoms with van der Waals surface area (Å²) in [6.45, 7) is 5.64. The number of hydrogen-bond acceptors (Lipinski definition) is 5. The van der Waals surface area contributed by atoms with E-state index in [1.807, 2.05) is 30.1 Å². The third kappa shape index (κ3) is 8.11. The summed E-state index contributed by atoms with van der Waals surface area (Å²) in [4.78, 5) is 34.7. The number of carbonyl (C=O) groups is 2. The third-order valence-electron chi connectivity index (χ3n) is 6.06. The highest BCUT2D eigenvalue weighted by Crippen LogP contribution is 2.36. The molecule has 2 saturated heterocycles. The average Bonchev–Trinajstić information content (AvgIpc) is 3.09. The molecule has 3 rings (SSSR count). The lowest BCUT2D eigenvalue weighted by Crippen LogP contribution is -2.46. The maximum absolute atomic E-state index is 12.4. The van der Waals surface area contributed by atoms with Crippen LogP contribution >= 0.6 is 24.0 Å². The molecule has 184 valence electrons. The number of carbonyl (C=O) groups excluding carboxylic acids is 2. The van der Waals surface area contributed by atoms with Crippen molar-refractivity contribution in [1.82, 2.24) is 25.3 Å². The van der Waals surface area contributed by atoms with Crippen LogP contribution in [0.5, 0.6) is 0 Å². The summed E-state index contributed by atoms with van der Waals surface area (Å²) in [5, 5.41) is 6.73. The Kier molecular flexibility index (Phi) is 11.3. The topological polar surface area (TPSA) is 89.5 Å². The second-order valence-corrected chi connectivity index (χ2v) is 8.54. The smallest absolute Gasteiger partial charge is 0.243 e. The van der Waals surface area contributed by atoms with Crippen LogP contribution in [-0.2, 0) is 14.3 Å². The van der Waals surface area contributed by atoms with Crippen LogP contribution in [0.3, 0.4) is 0 Å². The molecule has 9 nitrogen and oxygen atoms in total. The van der Waals surface area contributed by atoms with Crippen molar-refractivity contribution in [2.24, 2.45) is 10.9 Å². The molecular formula is C23H37IN6O3. The zero-order valence-corrected chi connectivity index (χ0v) is 22.2. The second-order valence-electron chi connectivity index (χ2n) is 8.54. The minimum atomic E-state index is -0.0581. The molecule has 0 saturated carbocycles. The van der Waals surface area contributed by atoms with Crippen molar-refractivity contribution < 1.29 is 14.3 Å². The van der Waals surface area contributed by atoms with Gasteiger partial charge < -0.3 is 25.2 Å². The summed E-state index contributed by atoms with van der Waals surface area (Å²) in [5.41, 5.74) is 1.13. The van der Waals surface area contributed by atoms with Gasteiger partial charge in [0.05, 0.1) is 19.3 Å². The number of rotatable bonds is 8. The summed E-state index contributed by atoms with van der Waals surface area (Å²) >= 11 is 0. The summed E-state index contributed by atoms with van der Waals surface area (Å²) in [6.07, 6.45) is 0.487. The van der Waals surface area contributed by atoms with Gasteiger partial charge in [-0.1, -0.05) is 30.3 Å². The van der Waals surface area contributed by atoms with Crippen LogP contribution in [0.25, 0.3) is 0 Å². The Balaban J connectivity index is 0.00000385. The number of amides is 2. The number of nitrogens with one attached hydrogen (secondary N) is 2. The van der Waals surface area contributed by atoms with Gasteiger partial charge in [-0.05, 0) is 5.56 Å². The quantitative estimate of drug-likeness (QED) is 0.272. The average molecular weight is 572 g/mol. The van der Waals surface area contributed by atoms with Crippen LogP contribution in [0.15, 0.2) is 35.3 Å². The number of nitrogens with zero attached hydrogens (tertiary/aromatic N) is 4. The number of guanidine groups is 1. The number of halogens is 1. The summed E-state index contributed by atoms with van der Waals surface area (Å²) < 4.78 is 5.40. The molecule has 0 radical (unpaired) electrons. The van der Waals surface area contributed by atoms with Gasteiger partial charge in [-0.25, -0.2) is 4.99 Å². The Labute approximate surface area is 213 Å². The van der Waals surface area contributed by atoms with Crippen molar-refractivity contribution in [2.75, 3.05) is 73.6 Å². The third-order valence-corrected chi connectivity index (χ3v) is 6.06. The molecule has 33 heavy (non-hydrogen) atoms. The fourth-order valence-corrected chi connectivity index (χ4v) is 4.13. The minimum Gasteiger partial charge on any atom is -0.379 e. The molecule has 2 fully saturated rings. The van der Waals surface area contributed by atoms with Crippen LogP contribution in [0.2, 0.25) is 0 Å². The fourth-order valence-electron chi connectivity index (χ4n) is 4.13. The highest BCUT2D eigenvalue weighted by Gasteiger charge is 2.38. The van der Waals surface area contributed by atoms with E-state index in [0.717, 1.165) is 38.4 Å². The first-order valence-corrected chi connectivity index (χ1v) is 11.3. The monoisotopic (exact) mass is 572 g/mol. The SMILES string of the molecule is CN(C)C(=O)CN=C(NCCN1CCOCC1)NCC1CC(=O)N(C)C1c1ccccc1.I. The van der Waals surface area contributed by atoms with E-state index in [1.54, 1.807) is 14.1 Å². The van der Waals surface area contributed by atoms with E-state index in [0.29, 0.717) is 25.5 Å². The molecular weight excluding hydrogens is 535 g/mol. The molecule has 2 atom stereocenters. The molecule has 2 N–H and O–H groups in total. The number of ether oxygens (including phenoxy) is 1. The Morgan fingerprint density at radius 2 is 1.88 bits per heavy atom. The molecule has 10 heteroatoms. The van der Waals surface area contributed by atoms with Crippen molar-refractivity contribution in [1.29, 1.82) is 0 Å². The Morgan fingerprint density at radius 1 is 1.18 bits per heavy atom. The van der Waals surface area contributed by atoms with E-state index >= 15 is 0 Å². The van der Waals surface area contributed by atoms with E-state index in [9.17, 15) is 9.59 Å². The van der Waals surface area contributed by atoms with Crippen molar-refractivity contribution >= 4 is 41.8 Å². The van der Waals surface area contributed by atoms with Gasteiger partial charge in [0.25, 0.3) is 0 Å². The maximum atomic E-state index is 12.4. The molecule has 1 aromatic carbocycles. The number of morpholine rings is 1. The number of hydrogen-bond donors (Lipinski definition) is 2. The van der Waals surface area contributed by atoms with Crippen LogP contribution < -0.4 is 10.6 Å². The van der Waals surface area contributed by atoms with Gasteiger partial charge in [0.2, 0.25) is 11.8 Å². The van der Waals surface area contributed by atoms with E-state index in [2.05, 4.69) is 32.7 Å². The first-order valence-electron chi connectivity index (χ1n) is 11.3. The number of likely N-dealkylation sites (N-methyl/N-ethyl adjacent to an activating group) is 1. The van der Waals surface area contributed by atoms with Crippen LogP contribution in [0.1, 0.15) is 18.0 Å². The molecule has 2 unspecified atom stereocenters. The van der Waals surface area contributed by atoms with E-state index in [1.165, 1.54) is 4.90 Å². The van der Waals surface area contributed by atoms with E-state index in [4.69, 9.17) is 4.74 Å². The van der Waals surface area contributed by atoms with Crippen molar-refractivity contribution in [3.8, 4) is 0 Å². The second kappa shape index (κ2) is 13.7. The summed E-state index contributed by atoms with van der Waals surface area (Å²) in [6, 6.07) is 10.1. The molecule has 2 amide bonds. The Bertz CT molecular complexity index is 786. The zero-order chi connectivity index (χ0) is 22.9. The van der Waals surface area contributed by atoms with Crippen molar-refractivity contribution in [2.45, 2.75) is 12.5 Å². The van der Waals surface area contributed by atoms with E-state index in [-0.39, 0.29) is 54.3 Å². The van der Waals surface area contributed by atoms with Gasteiger partial charge in [-0.2, -0.15) is 0 Å². The van der Waals surface area contributed by atoms with Gasteiger partial charge in [0.1, 0.15) is 6.54 Å². The van der Waals surface area contributed by atoms with Gasteiger partial charge in [0, 0.05) is 66.2 Å². The van der Waals surface area contributed by atoms with Crippen LogP contribution in [0.4, 0.5) is 0 Å². The van der Waals surface area contributed by atoms with Gasteiger partial charge >= 0.3 is 0 Å². The molecule has 0 bridgehead atoms. The minimum absolute atomic E-state index is 0. The van der Waals surface area contributed by atoms with Gasteiger partial charge in [0.15, 0.2) is 5.96 Å². The van der Waals surface area contributed by atoms with Crippen LogP contribution in [0, 0.1) is 5.92 Å². The first-order chi connectivity index (χ1) is 15.5. The summed E-state index contributed by atoms with van der Waals surface area (Å²) in [7, 11) is 5.31. The van der Waals surface area contributed by atoms with Crippen molar-refractivity contribution in [3.05, 3.63) is 35.9 Å². The molecule has 2 aliphatic heterocycles. The number of likely N-dealkylation sites (tertiary alicyclic amines) is 1. The molecule has 1 aromatic rings. The Morgan fingerprint density at radius 3 is 2.55 bits per heavy atom. The maximum Gasteiger partial charge on any atom is 0.243 e. The number of aliphatic imine (C=N–C) groups is 1. The molecule has 2 heterocycles. The van der Waals surface area contributed by atoms with Crippen molar-refractivity contribution in [3.63, 3.8) is 0 Å². The Hall–Kier alpha value is -1.92.